The van der Waals surface area contributed by atoms with Gasteiger partial charge in [0.2, 0.25) is 0 Å². The average molecular weight is 877 g/mol. The number of rotatable bonds is 15. The fourth-order valence-corrected chi connectivity index (χ4v) is 14.8. The maximum absolute atomic E-state index is 15.1. The monoisotopic (exact) mass is 878 g/mol. The molecule has 0 aliphatic carbocycles. The Morgan fingerprint density at radius 3 is 0.766 bits per heavy atom. The summed E-state index contributed by atoms with van der Waals surface area (Å²) in [6.07, 6.45) is -29.0. The Balaban J connectivity index is 8.99. The third-order valence-electron chi connectivity index (χ3n) is 6.08. The Bertz CT molecular complexity index is 943. The molecule has 0 aromatic carbocycles. The van der Waals surface area contributed by atoms with Gasteiger partial charge in [0.05, 0.1) is 0 Å². The van der Waals surface area contributed by atoms with Crippen LogP contribution in [0.2, 0.25) is 0 Å². The fourth-order valence-electron chi connectivity index (χ4n) is 3.41. The third-order valence-corrected chi connectivity index (χ3v) is 18.2. The number of hydrogen-bond acceptors (Lipinski definition) is 1. The van der Waals surface area contributed by atoms with Gasteiger partial charge in [0.25, 0.3) is 0 Å². The van der Waals surface area contributed by atoms with Crippen molar-refractivity contribution >= 4 is 18.8 Å². The Morgan fingerprint density at radius 1 is 0.340 bits per heavy atom. The molecule has 0 aliphatic heterocycles. The Kier molecular flexibility index (Phi) is 12.3. The van der Waals surface area contributed by atoms with Gasteiger partial charge in [0.15, 0.2) is 0 Å². The van der Waals surface area contributed by atoms with Crippen LogP contribution in [0.5, 0.6) is 0 Å². The van der Waals surface area contributed by atoms with Gasteiger partial charge in [-0.25, -0.2) is 0 Å². The average Bonchev–Trinajstić information content (AvgIpc) is 2.82. The Morgan fingerprint density at radius 2 is 0.574 bits per heavy atom. The van der Waals surface area contributed by atoms with E-state index in [4.69, 9.17) is 0 Å². The topological polar surface area (TPSA) is 9.23 Å². The Hall–Kier alpha value is -1.13. The zero-order valence-corrected chi connectivity index (χ0v) is 24.5. The summed E-state index contributed by atoms with van der Waals surface area (Å²) in [5.74, 6) is -55.5. The van der Waals surface area contributed by atoms with Crippen molar-refractivity contribution in [3.63, 3.8) is 0 Å². The van der Waals surface area contributed by atoms with Gasteiger partial charge in [-0.2, -0.15) is 0 Å². The van der Waals surface area contributed by atoms with Crippen LogP contribution in [0.4, 0.5) is 119 Å². The van der Waals surface area contributed by atoms with Crippen molar-refractivity contribution in [3.05, 3.63) is 0 Å². The first-order valence-corrected chi connectivity index (χ1v) is 16.7. The summed E-state index contributed by atoms with van der Waals surface area (Å²) in [6, 6.07) is 0. The Labute approximate surface area is 246 Å². The molecule has 0 radical (unpaired) electrons. The number of unbranched alkanes of at least 4 members (excludes halogenated alkanes) is 3. The zero-order chi connectivity index (χ0) is 38.7. The van der Waals surface area contributed by atoms with Gasteiger partial charge in [-0.3, -0.25) is 0 Å². The predicted molar refractivity (Wildman–Crippen MR) is 98.5 cm³/mol. The molecule has 29 heteroatoms. The standard InChI is InChI=1S/C6H13O.3C4F9.Sn/c1-2-3-4-5-6-7;3*5-1(6)2(7,8)3(9,10)4(11,12)13;/h2-6H2,1H3;;;;/q-1;;;;+1. The first kappa shape index (κ1) is 45.9. The molecule has 0 atom stereocenters. The van der Waals surface area contributed by atoms with Crippen LogP contribution in [-0.4, -0.2) is 91.3 Å². The molecule has 1 nitrogen and oxygen atoms in total. The van der Waals surface area contributed by atoms with Crippen molar-refractivity contribution in [3.8, 4) is 0 Å². The fraction of sp³-hybridized carbons (Fsp3) is 1.00. The van der Waals surface area contributed by atoms with Gasteiger partial charge in [0, 0.05) is 0 Å². The molecular formula is C18H13F27OSn. The number of hydrogen-bond donors (Lipinski definition) is 0. The molecule has 47 heavy (non-hydrogen) atoms. The number of halogens is 27. The molecule has 0 spiro atoms. The van der Waals surface area contributed by atoms with E-state index in [-0.39, 0.29) is 6.42 Å². The minimum atomic E-state index is -13.5. The SMILES string of the molecule is CCCCCC[O][Sn]([C](F)(F)C(F)(F)C(F)(F)C(F)(F)F)([C](F)(F)C(F)(F)C(F)(F)C(F)(F)F)[C](F)(F)C(F)(F)C(F)(F)C(F)(F)F. The minimum absolute atomic E-state index is 0.224. The molecule has 0 amide bonds. The van der Waals surface area contributed by atoms with E-state index < -0.39 is 111 Å². The van der Waals surface area contributed by atoms with E-state index in [1.165, 1.54) is 0 Å². The van der Waals surface area contributed by atoms with Gasteiger partial charge in [-0.15, -0.1) is 0 Å². The molecule has 0 aromatic rings. The summed E-state index contributed by atoms with van der Waals surface area (Å²) in [5.41, 5.74) is 0. The predicted octanol–water partition coefficient (Wildman–Crippen LogP) is 10.6. The molecule has 0 saturated carbocycles. The molecule has 0 fully saturated rings. The summed E-state index contributed by atoms with van der Waals surface area (Å²) >= 11 is -13.5. The summed E-state index contributed by atoms with van der Waals surface area (Å²) < 4.78 is 344. The van der Waals surface area contributed by atoms with E-state index >= 15 is 26.3 Å². The van der Waals surface area contributed by atoms with Crippen LogP contribution in [0, 0.1) is 0 Å². The van der Waals surface area contributed by atoms with E-state index in [2.05, 4.69) is 3.07 Å². The molecular weight excluding hydrogens is 864 g/mol. The molecule has 284 valence electrons. The van der Waals surface area contributed by atoms with E-state index in [1.54, 1.807) is 0 Å². The van der Waals surface area contributed by atoms with Gasteiger partial charge < -0.3 is 0 Å². The first-order valence-electron chi connectivity index (χ1n) is 11.3. The van der Waals surface area contributed by atoms with E-state index in [9.17, 15) is 92.2 Å². The van der Waals surface area contributed by atoms with Gasteiger partial charge >= 0.3 is 245 Å². The van der Waals surface area contributed by atoms with Gasteiger partial charge in [-0.1, -0.05) is 0 Å². The first-order chi connectivity index (χ1) is 20.1. The van der Waals surface area contributed by atoms with Crippen molar-refractivity contribution in [1.82, 2.24) is 0 Å². The summed E-state index contributed by atoms with van der Waals surface area (Å²) in [5, 5.41) is 0. The van der Waals surface area contributed by atoms with Crippen molar-refractivity contribution in [2.45, 2.75) is 98.5 Å². The zero-order valence-electron chi connectivity index (χ0n) is 21.6. The molecule has 0 bridgehead atoms. The van der Waals surface area contributed by atoms with Crippen LogP contribution in [-0.2, 0) is 3.07 Å². The second kappa shape index (κ2) is 12.6. The molecule has 0 aromatic heterocycles. The van der Waals surface area contributed by atoms with E-state index in [0.29, 0.717) is 0 Å². The van der Waals surface area contributed by atoms with E-state index in [0.717, 1.165) is 6.92 Å². The second-order valence-electron chi connectivity index (χ2n) is 9.25. The quantitative estimate of drug-likeness (QED) is 0.0905. The summed E-state index contributed by atoms with van der Waals surface area (Å²) in [7, 11) is 0. The van der Waals surface area contributed by atoms with Crippen LogP contribution < -0.4 is 0 Å². The maximum atomic E-state index is 15.1. The molecule has 0 unspecified atom stereocenters. The molecule has 0 rings (SSSR count). The van der Waals surface area contributed by atoms with Gasteiger partial charge in [0.1, 0.15) is 0 Å². The van der Waals surface area contributed by atoms with Crippen LogP contribution in [0.25, 0.3) is 0 Å². The number of alkyl halides is 27. The van der Waals surface area contributed by atoms with Crippen LogP contribution in [0.3, 0.4) is 0 Å². The normalized spacial score (nSPS) is 16.6. The summed E-state index contributed by atoms with van der Waals surface area (Å²) in [6.45, 7) is -2.04. The van der Waals surface area contributed by atoms with Crippen molar-refractivity contribution in [1.29, 1.82) is 0 Å². The summed E-state index contributed by atoms with van der Waals surface area (Å²) in [4.78, 5) is 0. The third kappa shape index (κ3) is 6.25. The molecule has 0 heterocycles. The molecule has 0 saturated heterocycles. The molecule has 0 N–H and O–H groups in total. The molecule has 0 aliphatic rings. The van der Waals surface area contributed by atoms with Crippen molar-refractivity contribution in [2.75, 3.05) is 6.61 Å². The van der Waals surface area contributed by atoms with Crippen LogP contribution in [0.1, 0.15) is 32.6 Å². The van der Waals surface area contributed by atoms with Crippen molar-refractivity contribution in [2.24, 2.45) is 0 Å². The second-order valence-corrected chi connectivity index (χ2v) is 19.3. The van der Waals surface area contributed by atoms with Gasteiger partial charge in [-0.05, 0) is 0 Å². The van der Waals surface area contributed by atoms with E-state index in [1.807, 2.05) is 0 Å². The van der Waals surface area contributed by atoms with Crippen LogP contribution >= 0.6 is 0 Å². The van der Waals surface area contributed by atoms with Crippen LogP contribution in [0.15, 0.2) is 0 Å². The van der Waals surface area contributed by atoms with Crippen molar-refractivity contribution < 1.29 is 122 Å².